The zero-order valence-electron chi connectivity index (χ0n) is 9.63. The molecule has 0 aliphatic heterocycles. The van der Waals surface area contributed by atoms with Crippen LogP contribution in [0.15, 0.2) is 24.4 Å². The van der Waals surface area contributed by atoms with Crippen molar-refractivity contribution >= 4 is 26.4 Å². The third-order valence-electron chi connectivity index (χ3n) is 2.55. The lowest BCUT2D eigenvalue weighted by Gasteiger charge is -2.03. The first kappa shape index (κ1) is 11.9. The molecule has 92 valence electrons. The summed E-state index contributed by atoms with van der Waals surface area (Å²) in [7, 11) is -2.90. The van der Waals surface area contributed by atoms with E-state index in [4.69, 9.17) is 5.73 Å². The average molecular weight is 253 g/mol. The van der Waals surface area contributed by atoms with Crippen molar-refractivity contribution in [3.05, 3.63) is 24.4 Å². The molecule has 0 unspecified atom stereocenters. The average Bonchev–Trinajstić information content (AvgIpc) is 2.59. The minimum absolute atomic E-state index is 0.177. The minimum Gasteiger partial charge on any atom is -0.399 e. The molecule has 2 rings (SSSR count). The number of anilines is 1. The number of fused-ring (bicyclic) bond motifs is 1. The van der Waals surface area contributed by atoms with E-state index in [0.29, 0.717) is 18.7 Å². The standard InChI is InChI=1S/C11H15N3O2S/c1-17(15,16)6-2-5-14-11-7-10(12)4-3-9(11)8-13-14/h3-4,7-8H,2,5-6,12H2,1H3. The number of aryl methyl sites for hydroxylation is 1. The van der Waals surface area contributed by atoms with Crippen LogP contribution in [0.4, 0.5) is 5.69 Å². The number of sulfone groups is 1. The van der Waals surface area contributed by atoms with E-state index < -0.39 is 9.84 Å². The molecule has 0 amide bonds. The van der Waals surface area contributed by atoms with Crippen molar-refractivity contribution in [2.24, 2.45) is 0 Å². The van der Waals surface area contributed by atoms with Gasteiger partial charge in [-0.05, 0) is 24.6 Å². The molecule has 0 saturated carbocycles. The van der Waals surface area contributed by atoms with Crippen molar-refractivity contribution in [2.45, 2.75) is 13.0 Å². The van der Waals surface area contributed by atoms with Crippen molar-refractivity contribution in [1.82, 2.24) is 9.78 Å². The molecule has 1 aromatic heterocycles. The van der Waals surface area contributed by atoms with E-state index >= 15 is 0 Å². The van der Waals surface area contributed by atoms with Gasteiger partial charge in [-0.3, -0.25) is 4.68 Å². The number of nitrogens with zero attached hydrogens (tertiary/aromatic N) is 2. The largest absolute Gasteiger partial charge is 0.399 e. The second kappa shape index (κ2) is 4.37. The number of aromatic nitrogens is 2. The molecule has 0 fully saturated rings. The smallest absolute Gasteiger partial charge is 0.147 e. The predicted octanol–water partition coefficient (Wildman–Crippen LogP) is 1.05. The molecule has 0 spiro atoms. The van der Waals surface area contributed by atoms with Crippen molar-refractivity contribution in [3.8, 4) is 0 Å². The Morgan fingerprint density at radius 3 is 2.88 bits per heavy atom. The van der Waals surface area contributed by atoms with Gasteiger partial charge < -0.3 is 5.73 Å². The van der Waals surface area contributed by atoms with Crippen LogP contribution >= 0.6 is 0 Å². The number of hydrogen-bond donors (Lipinski definition) is 1. The molecular formula is C11H15N3O2S. The molecule has 0 atom stereocenters. The minimum atomic E-state index is -2.90. The Morgan fingerprint density at radius 2 is 2.18 bits per heavy atom. The fourth-order valence-corrected chi connectivity index (χ4v) is 2.40. The van der Waals surface area contributed by atoms with Crippen LogP contribution in [0.25, 0.3) is 10.9 Å². The van der Waals surface area contributed by atoms with Crippen LogP contribution in [0.3, 0.4) is 0 Å². The Hall–Kier alpha value is -1.56. The molecule has 1 aromatic carbocycles. The summed E-state index contributed by atoms with van der Waals surface area (Å²) in [5, 5.41) is 5.23. The van der Waals surface area contributed by atoms with Gasteiger partial charge in [-0.2, -0.15) is 5.10 Å². The van der Waals surface area contributed by atoms with Gasteiger partial charge in [0, 0.05) is 23.9 Å². The molecule has 2 aromatic rings. The molecule has 0 bridgehead atoms. The first-order valence-corrected chi connectivity index (χ1v) is 7.40. The second-order valence-corrected chi connectivity index (χ2v) is 6.43. The summed E-state index contributed by atoms with van der Waals surface area (Å²) in [6.45, 7) is 0.583. The number of benzene rings is 1. The highest BCUT2D eigenvalue weighted by Gasteiger charge is 2.05. The molecule has 17 heavy (non-hydrogen) atoms. The molecule has 5 nitrogen and oxygen atoms in total. The zero-order chi connectivity index (χ0) is 12.5. The summed E-state index contributed by atoms with van der Waals surface area (Å²) < 4.78 is 23.8. The van der Waals surface area contributed by atoms with Gasteiger partial charge in [0.1, 0.15) is 9.84 Å². The summed E-state index contributed by atoms with van der Waals surface area (Å²) in [6, 6.07) is 5.58. The fraction of sp³-hybridized carbons (Fsp3) is 0.364. The zero-order valence-corrected chi connectivity index (χ0v) is 10.4. The lowest BCUT2D eigenvalue weighted by molar-refractivity contribution is 0.583. The van der Waals surface area contributed by atoms with E-state index in [0.717, 1.165) is 10.9 Å². The summed E-state index contributed by atoms with van der Waals surface area (Å²) >= 11 is 0. The Balaban J connectivity index is 2.16. The third kappa shape index (κ3) is 2.97. The predicted molar refractivity (Wildman–Crippen MR) is 68.5 cm³/mol. The van der Waals surface area contributed by atoms with Crippen LogP contribution < -0.4 is 5.73 Å². The highest BCUT2D eigenvalue weighted by molar-refractivity contribution is 7.90. The third-order valence-corrected chi connectivity index (χ3v) is 3.58. The van der Waals surface area contributed by atoms with Crippen LogP contribution in [-0.4, -0.2) is 30.2 Å². The van der Waals surface area contributed by atoms with E-state index in [9.17, 15) is 8.42 Å². The topological polar surface area (TPSA) is 78.0 Å². The van der Waals surface area contributed by atoms with Crippen LogP contribution in [0.2, 0.25) is 0 Å². The lowest BCUT2D eigenvalue weighted by atomic mass is 10.2. The Labute approximate surface area is 100 Å². The van der Waals surface area contributed by atoms with Crippen molar-refractivity contribution in [1.29, 1.82) is 0 Å². The normalized spacial score (nSPS) is 12.1. The SMILES string of the molecule is CS(=O)(=O)CCCn1ncc2ccc(N)cc21. The van der Waals surface area contributed by atoms with Crippen molar-refractivity contribution in [2.75, 3.05) is 17.7 Å². The monoisotopic (exact) mass is 253 g/mol. The van der Waals surface area contributed by atoms with Gasteiger partial charge in [-0.25, -0.2) is 8.42 Å². The van der Waals surface area contributed by atoms with Crippen molar-refractivity contribution < 1.29 is 8.42 Å². The molecule has 2 N–H and O–H groups in total. The maximum Gasteiger partial charge on any atom is 0.147 e. The maximum absolute atomic E-state index is 11.0. The highest BCUT2D eigenvalue weighted by Crippen LogP contribution is 2.17. The summed E-state index contributed by atoms with van der Waals surface area (Å²) in [4.78, 5) is 0. The maximum atomic E-state index is 11.0. The Morgan fingerprint density at radius 1 is 1.41 bits per heavy atom. The highest BCUT2D eigenvalue weighted by atomic mass is 32.2. The van der Waals surface area contributed by atoms with Crippen molar-refractivity contribution in [3.63, 3.8) is 0 Å². The second-order valence-electron chi connectivity index (χ2n) is 4.17. The van der Waals surface area contributed by atoms with E-state index in [2.05, 4.69) is 5.10 Å². The number of nitrogen functional groups attached to an aromatic ring is 1. The van der Waals surface area contributed by atoms with Gasteiger partial charge in [0.25, 0.3) is 0 Å². The van der Waals surface area contributed by atoms with Gasteiger partial charge >= 0.3 is 0 Å². The summed E-state index contributed by atoms with van der Waals surface area (Å²) in [5.41, 5.74) is 7.34. The van der Waals surface area contributed by atoms with E-state index in [1.54, 1.807) is 10.9 Å². The van der Waals surface area contributed by atoms with Crippen LogP contribution in [-0.2, 0) is 16.4 Å². The van der Waals surface area contributed by atoms with Crippen LogP contribution in [0.1, 0.15) is 6.42 Å². The first-order chi connectivity index (χ1) is 7.96. The quantitative estimate of drug-likeness (QED) is 0.826. The Bertz CT molecular complexity index is 631. The van der Waals surface area contributed by atoms with Crippen LogP contribution in [0.5, 0.6) is 0 Å². The van der Waals surface area contributed by atoms with Gasteiger partial charge in [0.05, 0.1) is 17.5 Å². The number of nitrogens with two attached hydrogens (primary N) is 1. The number of rotatable bonds is 4. The summed E-state index contributed by atoms with van der Waals surface area (Å²) in [5.74, 6) is 0.177. The van der Waals surface area contributed by atoms with E-state index in [1.165, 1.54) is 6.26 Å². The molecular weight excluding hydrogens is 238 g/mol. The molecule has 0 radical (unpaired) electrons. The first-order valence-electron chi connectivity index (χ1n) is 5.34. The summed E-state index contributed by atoms with van der Waals surface area (Å²) in [6.07, 6.45) is 3.56. The van der Waals surface area contributed by atoms with Gasteiger partial charge in [0.2, 0.25) is 0 Å². The number of hydrogen-bond acceptors (Lipinski definition) is 4. The molecule has 6 heteroatoms. The molecule has 0 saturated heterocycles. The fourth-order valence-electron chi connectivity index (χ4n) is 1.74. The van der Waals surface area contributed by atoms with Gasteiger partial charge in [-0.1, -0.05) is 0 Å². The molecule has 0 aliphatic carbocycles. The molecule has 0 aliphatic rings. The van der Waals surface area contributed by atoms with E-state index in [1.807, 2.05) is 18.2 Å². The lowest BCUT2D eigenvalue weighted by Crippen LogP contribution is -2.08. The molecule has 1 heterocycles. The Kier molecular flexibility index (Phi) is 3.06. The van der Waals surface area contributed by atoms with Crippen LogP contribution in [0, 0.1) is 0 Å². The van der Waals surface area contributed by atoms with E-state index in [-0.39, 0.29) is 5.75 Å². The van der Waals surface area contributed by atoms with Gasteiger partial charge in [-0.15, -0.1) is 0 Å². The van der Waals surface area contributed by atoms with Gasteiger partial charge in [0.15, 0.2) is 0 Å².